The summed E-state index contributed by atoms with van der Waals surface area (Å²) in [5.41, 5.74) is 3.34. The predicted molar refractivity (Wildman–Crippen MR) is 89.6 cm³/mol. The van der Waals surface area contributed by atoms with Gasteiger partial charge in [0.1, 0.15) is 5.75 Å². The highest BCUT2D eigenvalue weighted by Gasteiger charge is 2.17. The minimum Gasteiger partial charge on any atom is -0.507 e. The lowest BCUT2D eigenvalue weighted by Crippen LogP contribution is -2.06. The topological polar surface area (TPSA) is 37.3 Å². The fraction of sp³-hybridized carbons (Fsp3) is 0.150. The van der Waals surface area contributed by atoms with Crippen LogP contribution in [0.4, 0.5) is 0 Å². The fourth-order valence-electron chi connectivity index (χ4n) is 2.86. The first-order valence-corrected chi connectivity index (χ1v) is 7.46. The van der Waals surface area contributed by atoms with Gasteiger partial charge in [0.15, 0.2) is 5.78 Å². The van der Waals surface area contributed by atoms with Crippen LogP contribution in [0.3, 0.4) is 0 Å². The molecule has 0 saturated heterocycles. The molecule has 0 spiro atoms. The first kappa shape index (κ1) is 14.3. The molecule has 0 atom stereocenters. The number of carbonyl (C=O) groups is 1. The van der Waals surface area contributed by atoms with E-state index >= 15 is 0 Å². The summed E-state index contributed by atoms with van der Waals surface area (Å²) in [6.45, 7) is 4.03. The number of aryl methyl sites for hydroxylation is 2. The largest absolute Gasteiger partial charge is 0.507 e. The molecular weight excluding hydrogens is 272 g/mol. The summed E-state index contributed by atoms with van der Waals surface area (Å²) in [5.74, 6) is 0.112. The van der Waals surface area contributed by atoms with Crippen molar-refractivity contribution < 1.29 is 9.90 Å². The summed E-state index contributed by atoms with van der Waals surface area (Å²) in [6, 6.07) is 16.8. The van der Waals surface area contributed by atoms with Crippen LogP contribution >= 0.6 is 0 Å². The molecule has 0 aliphatic rings. The van der Waals surface area contributed by atoms with Crippen molar-refractivity contribution in [3.63, 3.8) is 0 Å². The van der Waals surface area contributed by atoms with E-state index in [1.165, 1.54) is 0 Å². The van der Waals surface area contributed by atoms with Gasteiger partial charge >= 0.3 is 0 Å². The number of hydrogen-bond acceptors (Lipinski definition) is 2. The number of fused-ring (bicyclic) bond motifs is 1. The van der Waals surface area contributed by atoms with Gasteiger partial charge in [-0.25, -0.2) is 0 Å². The number of benzene rings is 3. The van der Waals surface area contributed by atoms with Gasteiger partial charge in [-0.1, -0.05) is 61.0 Å². The van der Waals surface area contributed by atoms with Crippen molar-refractivity contribution >= 4 is 16.6 Å². The molecule has 0 aliphatic carbocycles. The molecule has 3 rings (SSSR count). The highest BCUT2D eigenvalue weighted by molar-refractivity contribution is 6.13. The highest BCUT2D eigenvalue weighted by Crippen LogP contribution is 2.32. The lowest BCUT2D eigenvalue weighted by molar-refractivity contribution is 0.103. The molecule has 0 aromatic heterocycles. The maximum atomic E-state index is 12.8. The van der Waals surface area contributed by atoms with Crippen LogP contribution in [0.1, 0.15) is 34.0 Å². The first-order valence-electron chi connectivity index (χ1n) is 7.46. The van der Waals surface area contributed by atoms with Crippen LogP contribution in [0.15, 0.2) is 54.6 Å². The van der Waals surface area contributed by atoms with Crippen LogP contribution in [0.2, 0.25) is 0 Å². The van der Waals surface area contributed by atoms with E-state index in [0.717, 1.165) is 28.3 Å². The average molecular weight is 290 g/mol. The summed E-state index contributed by atoms with van der Waals surface area (Å²) in [5, 5.41) is 12.0. The molecule has 3 aromatic carbocycles. The van der Waals surface area contributed by atoms with E-state index in [-0.39, 0.29) is 11.5 Å². The Hall–Kier alpha value is -2.61. The zero-order chi connectivity index (χ0) is 15.7. The summed E-state index contributed by atoms with van der Waals surface area (Å²) in [6.07, 6.45) is 0.744. The number of ketones is 1. The van der Waals surface area contributed by atoms with Crippen molar-refractivity contribution in [3.8, 4) is 5.75 Å². The van der Waals surface area contributed by atoms with Gasteiger partial charge in [0.25, 0.3) is 0 Å². The predicted octanol–water partition coefficient (Wildman–Crippen LogP) is 4.65. The Labute approximate surface area is 130 Å². The van der Waals surface area contributed by atoms with Gasteiger partial charge in [-0.15, -0.1) is 0 Å². The monoisotopic (exact) mass is 290 g/mol. The van der Waals surface area contributed by atoms with Gasteiger partial charge in [-0.2, -0.15) is 0 Å². The molecule has 3 aromatic rings. The molecule has 2 heteroatoms. The standard InChI is InChI=1S/C20H18O2/c1-3-15-16-6-4-5-7-17(16)19(21)12-18(15)20(22)14-10-8-13(2)9-11-14/h4-12,21H,3H2,1-2H3. The molecule has 0 unspecified atom stereocenters. The minimum absolute atomic E-state index is 0.0436. The Kier molecular flexibility index (Phi) is 3.68. The maximum absolute atomic E-state index is 12.8. The number of rotatable bonds is 3. The van der Waals surface area contributed by atoms with Gasteiger partial charge < -0.3 is 5.11 Å². The van der Waals surface area contributed by atoms with Gasteiger partial charge in [0.2, 0.25) is 0 Å². The van der Waals surface area contributed by atoms with Crippen molar-refractivity contribution in [1.82, 2.24) is 0 Å². The average Bonchev–Trinajstić information content (AvgIpc) is 2.55. The van der Waals surface area contributed by atoms with Crippen LogP contribution in [-0.4, -0.2) is 10.9 Å². The van der Waals surface area contributed by atoms with E-state index in [1.807, 2.05) is 62.4 Å². The lowest BCUT2D eigenvalue weighted by atomic mass is 9.91. The van der Waals surface area contributed by atoms with Gasteiger partial charge in [-0.3, -0.25) is 4.79 Å². The Balaban J connectivity index is 2.22. The van der Waals surface area contributed by atoms with E-state index in [2.05, 4.69) is 0 Å². The lowest BCUT2D eigenvalue weighted by Gasteiger charge is -2.13. The van der Waals surface area contributed by atoms with Crippen molar-refractivity contribution in [2.45, 2.75) is 20.3 Å². The molecule has 0 saturated carbocycles. The van der Waals surface area contributed by atoms with Gasteiger partial charge in [0, 0.05) is 16.5 Å². The van der Waals surface area contributed by atoms with E-state index in [0.29, 0.717) is 11.1 Å². The number of aromatic hydroxyl groups is 1. The number of carbonyl (C=O) groups excluding carboxylic acids is 1. The quantitative estimate of drug-likeness (QED) is 0.713. The van der Waals surface area contributed by atoms with Crippen molar-refractivity contribution in [3.05, 3.63) is 76.9 Å². The first-order chi connectivity index (χ1) is 10.6. The third-order valence-corrected chi connectivity index (χ3v) is 4.05. The Morgan fingerprint density at radius 3 is 2.27 bits per heavy atom. The third kappa shape index (κ3) is 2.37. The molecule has 0 fully saturated rings. The van der Waals surface area contributed by atoms with E-state index < -0.39 is 0 Å². The molecule has 2 nitrogen and oxygen atoms in total. The molecule has 0 amide bonds. The number of hydrogen-bond donors (Lipinski definition) is 1. The summed E-state index contributed by atoms with van der Waals surface area (Å²) in [4.78, 5) is 12.8. The molecule has 22 heavy (non-hydrogen) atoms. The van der Waals surface area contributed by atoms with Crippen LogP contribution in [-0.2, 0) is 6.42 Å². The summed E-state index contributed by atoms with van der Waals surface area (Å²) < 4.78 is 0. The van der Waals surface area contributed by atoms with Crippen LogP contribution in [0.5, 0.6) is 5.75 Å². The summed E-state index contributed by atoms with van der Waals surface area (Å²) >= 11 is 0. The second-order valence-corrected chi connectivity index (χ2v) is 5.52. The van der Waals surface area contributed by atoms with Gasteiger partial charge in [0.05, 0.1) is 0 Å². The minimum atomic E-state index is -0.0436. The van der Waals surface area contributed by atoms with Crippen LogP contribution < -0.4 is 0 Å². The molecule has 110 valence electrons. The molecule has 0 aliphatic heterocycles. The van der Waals surface area contributed by atoms with Gasteiger partial charge in [-0.05, 0) is 30.4 Å². The molecule has 1 N–H and O–H groups in total. The number of phenolic OH excluding ortho intramolecular Hbond substituents is 1. The Morgan fingerprint density at radius 1 is 1.00 bits per heavy atom. The van der Waals surface area contributed by atoms with E-state index in [9.17, 15) is 9.90 Å². The zero-order valence-electron chi connectivity index (χ0n) is 12.8. The molecule has 0 heterocycles. The highest BCUT2D eigenvalue weighted by atomic mass is 16.3. The van der Waals surface area contributed by atoms with Crippen molar-refractivity contribution in [2.24, 2.45) is 0 Å². The number of phenols is 1. The second kappa shape index (κ2) is 5.64. The SMILES string of the molecule is CCc1c(C(=O)c2ccc(C)cc2)cc(O)c2ccccc12. The van der Waals surface area contributed by atoms with E-state index in [4.69, 9.17) is 0 Å². The maximum Gasteiger partial charge on any atom is 0.193 e. The van der Waals surface area contributed by atoms with Crippen molar-refractivity contribution in [1.29, 1.82) is 0 Å². The Morgan fingerprint density at radius 2 is 1.64 bits per heavy atom. The smallest absolute Gasteiger partial charge is 0.193 e. The molecule has 0 radical (unpaired) electrons. The third-order valence-electron chi connectivity index (χ3n) is 4.05. The molecular formula is C20H18O2. The molecule has 0 bridgehead atoms. The zero-order valence-corrected chi connectivity index (χ0v) is 12.8. The Bertz CT molecular complexity index is 845. The second-order valence-electron chi connectivity index (χ2n) is 5.52. The van der Waals surface area contributed by atoms with Crippen LogP contribution in [0.25, 0.3) is 10.8 Å². The summed E-state index contributed by atoms with van der Waals surface area (Å²) in [7, 11) is 0. The van der Waals surface area contributed by atoms with Crippen LogP contribution in [0, 0.1) is 6.92 Å². The van der Waals surface area contributed by atoms with Crippen molar-refractivity contribution in [2.75, 3.05) is 0 Å². The fourth-order valence-corrected chi connectivity index (χ4v) is 2.86. The van der Waals surface area contributed by atoms with E-state index in [1.54, 1.807) is 6.07 Å². The normalized spacial score (nSPS) is 10.8.